The van der Waals surface area contributed by atoms with Crippen LogP contribution in [0.2, 0.25) is 0 Å². The summed E-state index contributed by atoms with van der Waals surface area (Å²) in [6.45, 7) is 5.17. The molecule has 1 N–H and O–H groups in total. The number of fused-ring (bicyclic) bond motifs is 1. The van der Waals surface area contributed by atoms with Crippen LogP contribution in [0.4, 0.5) is 0 Å². The van der Waals surface area contributed by atoms with Crippen LogP contribution < -0.4 is 5.32 Å². The van der Waals surface area contributed by atoms with Crippen molar-refractivity contribution in [3.05, 3.63) is 47.8 Å². The normalized spacial score (nSPS) is 17.4. The minimum atomic E-state index is 0.609. The SMILES string of the molecule is CCCNCc1ccnn1CC1Cc2ccccc2S1. The van der Waals surface area contributed by atoms with Gasteiger partial charge in [-0.1, -0.05) is 25.1 Å². The Balaban J connectivity index is 1.61. The molecule has 3 nitrogen and oxygen atoms in total. The average Bonchev–Trinajstić information content (AvgIpc) is 3.06. The van der Waals surface area contributed by atoms with Gasteiger partial charge < -0.3 is 5.32 Å². The first kappa shape index (κ1) is 13.7. The Morgan fingerprint density at radius 1 is 1.35 bits per heavy atom. The zero-order valence-electron chi connectivity index (χ0n) is 11.9. The molecule has 106 valence electrons. The van der Waals surface area contributed by atoms with Crippen LogP contribution in [0.3, 0.4) is 0 Å². The van der Waals surface area contributed by atoms with Crippen molar-refractivity contribution >= 4 is 11.8 Å². The van der Waals surface area contributed by atoms with Gasteiger partial charge in [0.15, 0.2) is 0 Å². The minimum Gasteiger partial charge on any atom is -0.311 e. The van der Waals surface area contributed by atoms with Crippen LogP contribution in [0.1, 0.15) is 24.6 Å². The molecule has 0 bridgehead atoms. The van der Waals surface area contributed by atoms with Crippen molar-refractivity contribution in [2.75, 3.05) is 6.54 Å². The van der Waals surface area contributed by atoms with Crippen LogP contribution in [0.25, 0.3) is 0 Å². The Morgan fingerprint density at radius 2 is 2.25 bits per heavy atom. The highest BCUT2D eigenvalue weighted by molar-refractivity contribution is 8.00. The van der Waals surface area contributed by atoms with E-state index in [1.165, 1.54) is 22.6 Å². The number of aromatic nitrogens is 2. The summed E-state index contributed by atoms with van der Waals surface area (Å²) in [6.07, 6.45) is 4.24. The highest BCUT2D eigenvalue weighted by atomic mass is 32.2. The molecular formula is C16H21N3S. The second kappa shape index (κ2) is 6.46. The third-order valence-corrected chi connectivity index (χ3v) is 4.93. The van der Waals surface area contributed by atoms with Crippen molar-refractivity contribution in [1.82, 2.24) is 15.1 Å². The topological polar surface area (TPSA) is 29.9 Å². The molecule has 0 saturated carbocycles. The van der Waals surface area contributed by atoms with E-state index >= 15 is 0 Å². The number of benzene rings is 1. The quantitative estimate of drug-likeness (QED) is 0.828. The molecule has 0 radical (unpaired) electrons. The van der Waals surface area contributed by atoms with Crippen molar-refractivity contribution < 1.29 is 0 Å². The second-order valence-corrected chi connectivity index (χ2v) is 6.58. The standard InChI is InChI=1S/C16H21N3S/c1-2-8-17-11-14-7-9-18-19(14)12-15-10-13-5-3-4-6-16(13)20-15/h3-7,9,15,17H,2,8,10-12H2,1H3. The summed E-state index contributed by atoms with van der Waals surface area (Å²) in [5.74, 6) is 0. The van der Waals surface area contributed by atoms with Gasteiger partial charge in [-0.25, -0.2) is 0 Å². The van der Waals surface area contributed by atoms with Crippen molar-refractivity contribution in [2.24, 2.45) is 0 Å². The van der Waals surface area contributed by atoms with Gasteiger partial charge >= 0.3 is 0 Å². The van der Waals surface area contributed by atoms with Crippen LogP contribution in [0.15, 0.2) is 41.4 Å². The zero-order chi connectivity index (χ0) is 13.8. The predicted octanol–water partition coefficient (Wildman–Crippen LogP) is 3.10. The Kier molecular flexibility index (Phi) is 4.43. The number of rotatable bonds is 6. The molecule has 0 spiro atoms. The Morgan fingerprint density at radius 3 is 3.10 bits per heavy atom. The summed E-state index contributed by atoms with van der Waals surface area (Å²) in [5.41, 5.74) is 2.77. The fourth-order valence-corrected chi connectivity index (χ4v) is 3.91. The van der Waals surface area contributed by atoms with Gasteiger partial charge in [-0.3, -0.25) is 4.68 Å². The van der Waals surface area contributed by atoms with E-state index in [1.54, 1.807) is 0 Å². The third kappa shape index (κ3) is 3.07. The van der Waals surface area contributed by atoms with Crippen LogP contribution in [0, 0.1) is 0 Å². The molecule has 0 aliphatic carbocycles. The Bertz CT molecular complexity index is 539. The van der Waals surface area contributed by atoms with Gasteiger partial charge in [0.05, 0.1) is 12.2 Å². The van der Waals surface area contributed by atoms with E-state index < -0.39 is 0 Å². The van der Waals surface area contributed by atoms with E-state index in [0.717, 1.165) is 26.1 Å². The molecule has 1 atom stereocenters. The fraction of sp³-hybridized carbons (Fsp3) is 0.438. The van der Waals surface area contributed by atoms with Gasteiger partial charge in [-0.05, 0) is 37.1 Å². The molecule has 1 aromatic heterocycles. The summed E-state index contributed by atoms with van der Waals surface area (Å²) in [6, 6.07) is 10.9. The van der Waals surface area contributed by atoms with Gasteiger partial charge in [0, 0.05) is 22.9 Å². The summed E-state index contributed by atoms with van der Waals surface area (Å²) in [7, 11) is 0. The van der Waals surface area contributed by atoms with Gasteiger partial charge in [-0.15, -0.1) is 11.8 Å². The summed E-state index contributed by atoms with van der Waals surface area (Å²) < 4.78 is 2.16. The molecule has 4 heteroatoms. The second-order valence-electron chi connectivity index (χ2n) is 5.23. The first-order valence-electron chi connectivity index (χ1n) is 7.33. The van der Waals surface area contributed by atoms with Crippen LogP contribution in [-0.4, -0.2) is 21.6 Å². The van der Waals surface area contributed by atoms with Crippen LogP contribution >= 0.6 is 11.8 Å². The van der Waals surface area contributed by atoms with Crippen LogP contribution in [0.5, 0.6) is 0 Å². The lowest BCUT2D eigenvalue weighted by Gasteiger charge is -2.12. The van der Waals surface area contributed by atoms with Crippen LogP contribution in [-0.2, 0) is 19.5 Å². The third-order valence-electron chi connectivity index (χ3n) is 3.63. The highest BCUT2D eigenvalue weighted by Crippen LogP contribution is 2.37. The van der Waals surface area contributed by atoms with Gasteiger partial charge in [-0.2, -0.15) is 5.10 Å². The summed E-state index contributed by atoms with van der Waals surface area (Å²) in [5, 5.41) is 8.55. The molecule has 0 fully saturated rings. The van der Waals surface area contributed by atoms with E-state index in [0.29, 0.717) is 5.25 Å². The lowest BCUT2D eigenvalue weighted by molar-refractivity contribution is 0.545. The molecule has 2 aromatic rings. The van der Waals surface area contributed by atoms with Gasteiger partial charge in [0.2, 0.25) is 0 Å². The first-order valence-corrected chi connectivity index (χ1v) is 8.20. The molecule has 1 aliphatic rings. The maximum Gasteiger partial charge on any atom is 0.0538 e. The van der Waals surface area contributed by atoms with E-state index in [2.05, 4.69) is 52.4 Å². The number of hydrogen-bond acceptors (Lipinski definition) is 3. The van der Waals surface area contributed by atoms with Crippen molar-refractivity contribution in [3.63, 3.8) is 0 Å². The number of nitrogens with zero attached hydrogens (tertiary/aromatic N) is 2. The Labute approximate surface area is 124 Å². The molecule has 2 heterocycles. The van der Waals surface area contributed by atoms with Crippen molar-refractivity contribution in [1.29, 1.82) is 0 Å². The molecule has 0 saturated heterocycles. The number of thioether (sulfide) groups is 1. The van der Waals surface area contributed by atoms with Crippen molar-refractivity contribution in [3.8, 4) is 0 Å². The van der Waals surface area contributed by atoms with E-state index in [1.807, 2.05) is 18.0 Å². The van der Waals surface area contributed by atoms with E-state index in [4.69, 9.17) is 0 Å². The monoisotopic (exact) mass is 287 g/mol. The number of nitrogens with one attached hydrogen (secondary N) is 1. The Hall–Kier alpha value is -1.26. The minimum absolute atomic E-state index is 0.609. The van der Waals surface area contributed by atoms with Gasteiger partial charge in [0.1, 0.15) is 0 Å². The molecule has 20 heavy (non-hydrogen) atoms. The predicted molar refractivity (Wildman–Crippen MR) is 84.0 cm³/mol. The average molecular weight is 287 g/mol. The van der Waals surface area contributed by atoms with Crippen molar-refractivity contribution in [2.45, 2.75) is 43.0 Å². The largest absolute Gasteiger partial charge is 0.311 e. The van der Waals surface area contributed by atoms with E-state index in [-0.39, 0.29) is 0 Å². The number of hydrogen-bond donors (Lipinski definition) is 1. The maximum atomic E-state index is 4.48. The molecule has 0 amide bonds. The maximum absolute atomic E-state index is 4.48. The molecule has 1 aromatic carbocycles. The summed E-state index contributed by atoms with van der Waals surface area (Å²) >= 11 is 1.99. The lowest BCUT2D eigenvalue weighted by atomic mass is 10.1. The van der Waals surface area contributed by atoms with E-state index in [9.17, 15) is 0 Å². The van der Waals surface area contributed by atoms with Gasteiger partial charge in [0.25, 0.3) is 0 Å². The molecule has 3 rings (SSSR count). The first-order chi connectivity index (χ1) is 9.86. The molecule has 1 aliphatic heterocycles. The lowest BCUT2D eigenvalue weighted by Crippen LogP contribution is -2.20. The zero-order valence-corrected chi connectivity index (χ0v) is 12.7. The smallest absolute Gasteiger partial charge is 0.0538 e. The summed E-state index contributed by atoms with van der Waals surface area (Å²) in [4.78, 5) is 1.44. The fourth-order valence-electron chi connectivity index (χ4n) is 2.62. The molecular weight excluding hydrogens is 266 g/mol. The highest BCUT2D eigenvalue weighted by Gasteiger charge is 2.22. The molecule has 1 unspecified atom stereocenters.